The van der Waals surface area contributed by atoms with Gasteiger partial charge in [0.2, 0.25) is 0 Å². The Bertz CT molecular complexity index is 738. The zero-order valence-electron chi connectivity index (χ0n) is 15.0. The standard InChI is InChI=1S/C21H23FO4/c1-3-5-14-25-19-12-6-16(15-20(19)24-4-2)7-13-21(23)26-18-10-8-17(22)9-11-18/h6-13,15H,3-5,14H2,1-2H3/b13-7+. The Balaban J connectivity index is 2.02. The predicted molar refractivity (Wildman–Crippen MR) is 99.1 cm³/mol. The summed E-state index contributed by atoms with van der Waals surface area (Å²) in [6.07, 6.45) is 4.97. The SMILES string of the molecule is CCCCOc1ccc(/C=C/C(=O)Oc2ccc(F)cc2)cc1OCC. The van der Waals surface area contributed by atoms with E-state index in [1.807, 2.05) is 25.1 Å². The van der Waals surface area contributed by atoms with Gasteiger partial charge in [-0.05, 0) is 61.4 Å². The van der Waals surface area contributed by atoms with Gasteiger partial charge in [-0.2, -0.15) is 0 Å². The lowest BCUT2D eigenvalue weighted by Crippen LogP contribution is -2.03. The van der Waals surface area contributed by atoms with Crippen LogP contribution in [0, 0.1) is 5.82 Å². The van der Waals surface area contributed by atoms with Crippen molar-refractivity contribution in [2.75, 3.05) is 13.2 Å². The number of hydrogen-bond donors (Lipinski definition) is 0. The fraction of sp³-hybridized carbons (Fsp3) is 0.286. The van der Waals surface area contributed by atoms with E-state index in [0.717, 1.165) is 18.4 Å². The smallest absolute Gasteiger partial charge is 0.336 e. The van der Waals surface area contributed by atoms with Crippen LogP contribution in [0.1, 0.15) is 32.3 Å². The topological polar surface area (TPSA) is 44.8 Å². The number of unbranched alkanes of at least 4 members (excludes halogenated alkanes) is 1. The number of rotatable bonds is 9. The van der Waals surface area contributed by atoms with Crippen LogP contribution in [0.3, 0.4) is 0 Å². The molecule has 2 aromatic rings. The third kappa shape index (κ3) is 6.24. The van der Waals surface area contributed by atoms with Crippen molar-refractivity contribution in [3.63, 3.8) is 0 Å². The van der Waals surface area contributed by atoms with Gasteiger partial charge in [0, 0.05) is 6.08 Å². The van der Waals surface area contributed by atoms with Crippen LogP contribution in [0.15, 0.2) is 48.5 Å². The molecule has 5 heteroatoms. The second-order valence-corrected chi connectivity index (χ2v) is 5.55. The molecule has 0 bridgehead atoms. The minimum atomic E-state index is -0.544. The van der Waals surface area contributed by atoms with E-state index in [4.69, 9.17) is 14.2 Å². The summed E-state index contributed by atoms with van der Waals surface area (Å²) >= 11 is 0. The molecule has 2 aromatic carbocycles. The molecule has 0 aromatic heterocycles. The van der Waals surface area contributed by atoms with Crippen molar-refractivity contribution in [1.29, 1.82) is 0 Å². The molecule has 0 saturated carbocycles. The Labute approximate surface area is 153 Å². The van der Waals surface area contributed by atoms with Crippen molar-refractivity contribution in [1.82, 2.24) is 0 Å². The fourth-order valence-corrected chi connectivity index (χ4v) is 2.16. The van der Waals surface area contributed by atoms with Crippen LogP contribution in [-0.2, 0) is 4.79 Å². The highest BCUT2D eigenvalue weighted by atomic mass is 19.1. The summed E-state index contributed by atoms with van der Waals surface area (Å²) < 4.78 is 29.3. The van der Waals surface area contributed by atoms with Gasteiger partial charge in [-0.25, -0.2) is 9.18 Å². The van der Waals surface area contributed by atoms with Gasteiger partial charge in [0.15, 0.2) is 11.5 Å². The maximum absolute atomic E-state index is 12.8. The molecule has 0 amide bonds. The molecule has 138 valence electrons. The Kier molecular flexibility index (Phi) is 7.68. The van der Waals surface area contributed by atoms with Crippen molar-refractivity contribution >= 4 is 12.0 Å². The third-order valence-electron chi connectivity index (χ3n) is 3.47. The maximum Gasteiger partial charge on any atom is 0.336 e. The Morgan fingerprint density at radius 1 is 1.04 bits per heavy atom. The van der Waals surface area contributed by atoms with E-state index in [9.17, 15) is 9.18 Å². The number of hydrogen-bond acceptors (Lipinski definition) is 4. The second-order valence-electron chi connectivity index (χ2n) is 5.55. The summed E-state index contributed by atoms with van der Waals surface area (Å²) in [6, 6.07) is 10.7. The summed E-state index contributed by atoms with van der Waals surface area (Å²) in [6.45, 7) is 5.16. The van der Waals surface area contributed by atoms with Crippen LogP contribution in [0.4, 0.5) is 4.39 Å². The zero-order valence-corrected chi connectivity index (χ0v) is 15.0. The van der Waals surface area contributed by atoms with Crippen LogP contribution in [0.5, 0.6) is 17.2 Å². The van der Waals surface area contributed by atoms with Gasteiger partial charge in [0.25, 0.3) is 0 Å². The van der Waals surface area contributed by atoms with Crippen molar-refractivity contribution in [2.45, 2.75) is 26.7 Å². The first kappa shape index (κ1) is 19.5. The maximum atomic E-state index is 12.8. The number of carbonyl (C=O) groups is 1. The minimum Gasteiger partial charge on any atom is -0.490 e. The van der Waals surface area contributed by atoms with Gasteiger partial charge in [-0.15, -0.1) is 0 Å². The zero-order chi connectivity index (χ0) is 18.8. The molecule has 0 radical (unpaired) electrons. The molecule has 0 fully saturated rings. The number of ether oxygens (including phenoxy) is 3. The normalized spacial score (nSPS) is 10.7. The Morgan fingerprint density at radius 2 is 1.81 bits per heavy atom. The highest BCUT2D eigenvalue weighted by Gasteiger charge is 2.06. The van der Waals surface area contributed by atoms with Crippen LogP contribution in [0.2, 0.25) is 0 Å². The molecule has 0 aliphatic carbocycles. The molecule has 0 unspecified atom stereocenters. The first-order chi connectivity index (χ1) is 12.6. The monoisotopic (exact) mass is 358 g/mol. The van der Waals surface area contributed by atoms with Crippen LogP contribution in [0.25, 0.3) is 6.08 Å². The van der Waals surface area contributed by atoms with Gasteiger partial charge >= 0.3 is 5.97 Å². The Morgan fingerprint density at radius 3 is 2.50 bits per heavy atom. The highest BCUT2D eigenvalue weighted by molar-refractivity contribution is 5.88. The third-order valence-corrected chi connectivity index (χ3v) is 3.47. The number of carbonyl (C=O) groups excluding carboxylic acids is 1. The molecule has 0 heterocycles. The predicted octanol–water partition coefficient (Wildman–Crippen LogP) is 5.02. The van der Waals surface area contributed by atoms with Crippen molar-refractivity contribution < 1.29 is 23.4 Å². The summed E-state index contributed by atoms with van der Waals surface area (Å²) in [7, 11) is 0. The first-order valence-corrected chi connectivity index (χ1v) is 8.67. The number of esters is 1. The van der Waals surface area contributed by atoms with E-state index in [2.05, 4.69) is 6.92 Å². The van der Waals surface area contributed by atoms with Crippen molar-refractivity contribution in [3.05, 3.63) is 59.9 Å². The molecule has 0 atom stereocenters. The van der Waals surface area contributed by atoms with Gasteiger partial charge in [0.05, 0.1) is 13.2 Å². The van der Waals surface area contributed by atoms with E-state index < -0.39 is 5.97 Å². The minimum absolute atomic E-state index is 0.288. The van der Waals surface area contributed by atoms with Crippen molar-refractivity contribution in [3.8, 4) is 17.2 Å². The summed E-state index contributed by atoms with van der Waals surface area (Å²) in [5.74, 6) is 0.683. The van der Waals surface area contributed by atoms with Gasteiger partial charge in [0.1, 0.15) is 11.6 Å². The number of halogens is 1. The molecule has 0 saturated heterocycles. The number of benzene rings is 2. The second kappa shape index (κ2) is 10.2. The molecule has 0 spiro atoms. The van der Waals surface area contributed by atoms with E-state index >= 15 is 0 Å². The Hall–Kier alpha value is -2.82. The highest BCUT2D eigenvalue weighted by Crippen LogP contribution is 2.29. The van der Waals surface area contributed by atoms with Crippen molar-refractivity contribution in [2.24, 2.45) is 0 Å². The molecule has 4 nitrogen and oxygen atoms in total. The molecule has 26 heavy (non-hydrogen) atoms. The molecule has 2 rings (SSSR count). The summed E-state index contributed by atoms with van der Waals surface area (Å²) in [5, 5.41) is 0. The molecular formula is C21H23FO4. The van der Waals surface area contributed by atoms with E-state index in [1.165, 1.54) is 30.3 Å². The summed E-state index contributed by atoms with van der Waals surface area (Å²) in [5.41, 5.74) is 0.785. The van der Waals surface area contributed by atoms with Crippen LogP contribution in [-0.4, -0.2) is 19.2 Å². The summed E-state index contributed by atoms with van der Waals surface area (Å²) in [4.78, 5) is 11.9. The van der Waals surface area contributed by atoms with Gasteiger partial charge in [-0.3, -0.25) is 0 Å². The van der Waals surface area contributed by atoms with E-state index in [0.29, 0.717) is 24.7 Å². The lowest BCUT2D eigenvalue weighted by Gasteiger charge is -2.12. The lowest BCUT2D eigenvalue weighted by molar-refractivity contribution is -0.128. The molecule has 0 N–H and O–H groups in total. The largest absolute Gasteiger partial charge is 0.490 e. The first-order valence-electron chi connectivity index (χ1n) is 8.67. The molecule has 0 aliphatic rings. The average molecular weight is 358 g/mol. The fourth-order valence-electron chi connectivity index (χ4n) is 2.16. The van der Waals surface area contributed by atoms with E-state index in [-0.39, 0.29) is 11.6 Å². The lowest BCUT2D eigenvalue weighted by atomic mass is 10.2. The van der Waals surface area contributed by atoms with Gasteiger partial charge in [-0.1, -0.05) is 19.4 Å². The van der Waals surface area contributed by atoms with Crippen LogP contribution >= 0.6 is 0 Å². The van der Waals surface area contributed by atoms with E-state index in [1.54, 1.807) is 6.08 Å². The molecular weight excluding hydrogens is 335 g/mol. The van der Waals surface area contributed by atoms with Crippen LogP contribution < -0.4 is 14.2 Å². The van der Waals surface area contributed by atoms with Gasteiger partial charge < -0.3 is 14.2 Å². The quantitative estimate of drug-likeness (QED) is 0.273. The molecule has 0 aliphatic heterocycles. The average Bonchev–Trinajstić information content (AvgIpc) is 2.64.